The predicted molar refractivity (Wildman–Crippen MR) is 76.7 cm³/mol. The van der Waals surface area contributed by atoms with Crippen LogP contribution in [0.1, 0.15) is 18.4 Å². The summed E-state index contributed by atoms with van der Waals surface area (Å²) in [5, 5.41) is 0. The molecule has 0 unspecified atom stereocenters. The van der Waals surface area contributed by atoms with E-state index in [1.54, 1.807) is 14.2 Å². The first-order valence-corrected chi connectivity index (χ1v) is 6.86. The molecule has 1 aromatic rings. The summed E-state index contributed by atoms with van der Waals surface area (Å²) < 4.78 is 10.5. The molecule has 0 bridgehead atoms. The van der Waals surface area contributed by atoms with Crippen LogP contribution in [0.4, 0.5) is 0 Å². The number of methoxy groups -OCH3 is 2. The molecule has 1 atom stereocenters. The smallest absolute Gasteiger partial charge is 0.221 e. The van der Waals surface area contributed by atoms with Crippen LogP contribution in [0.25, 0.3) is 0 Å². The summed E-state index contributed by atoms with van der Waals surface area (Å²) in [6.45, 7) is 2.53. The van der Waals surface area contributed by atoms with E-state index >= 15 is 0 Å². The highest BCUT2D eigenvalue weighted by atomic mass is 16.5. The quantitative estimate of drug-likeness (QED) is 0.884. The minimum Gasteiger partial charge on any atom is -0.493 e. The number of likely N-dealkylation sites (tertiary alicyclic amines) is 1. The molecule has 0 aliphatic carbocycles. The van der Waals surface area contributed by atoms with Gasteiger partial charge in [-0.2, -0.15) is 0 Å². The van der Waals surface area contributed by atoms with Crippen LogP contribution in [0.3, 0.4) is 0 Å². The first-order chi connectivity index (χ1) is 9.63. The lowest BCUT2D eigenvalue weighted by Crippen LogP contribution is -2.40. The third-order valence-electron chi connectivity index (χ3n) is 3.76. The maximum atomic E-state index is 11.3. The monoisotopic (exact) mass is 278 g/mol. The number of hydrogen-bond acceptors (Lipinski definition) is 4. The van der Waals surface area contributed by atoms with E-state index in [0.717, 1.165) is 49.5 Å². The van der Waals surface area contributed by atoms with Gasteiger partial charge in [-0.15, -0.1) is 0 Å². The standard InChI is InChI=1S/C15H22N2O3/c1-19-13-6-5-11(8-14(13)20-2)9-17-7-3-4-12(10-17)15(16)18/h5-6,8,12H,3-4,7,9-10H2,1-2H3,(H2,16,18)/t12-/m0/s1. The number of primary amides is 1. The highest BCUT2D eigenvalue weighted by Crippen LogP contribution is 2.28. The molecule has 0 radical (unpaired) electrons. The Balaban J connectivity index is 2.04. The van der Waals surface area contributed by atoms with Crippen molar-refractivity contribution in [1.29, 1.82) is 0 Å². The summed E-state index contributed by atoms with van der Waals surface area (Å²) in [6.07, 6.45) is 1.92. The van der Waals surface area contributed by atoms with Gasteiger partial charge in [-0.25, -0.2) is 0 Å². The van der Waals surface area contributed by atoms with Crippen LogP contribution in [0, 0.1) is 5.92 Å². The minimum atomic E-state index is -0.193. The Hall–Kier alpha value is -1.75. The van der Waals surface area contributed by atoms with Crippen LogP contribution in [0.2, 0.25) is 0 Å². The lowest BCUT2D eigenvalue weighted by Gasteiger charge is -2.31. The molecule has 0 aromatic heterocycles. The Morgan fingerprint density at radius 2 is 2.10 bits per heavy atom. The van der Waals surface area contributed by atoms with Crippen LogP contribution in [-0.4, -0.2) is 38.1 Å². The summed E-state index contributed by atoms with van der Waals surface area (Å²) in [4.78, 5) is 13.6. The van der Waals surface area contributed by atoms with Crippen molar-refractivity contribution in [2.45, 2.75) is 19.4 Å². The second-order valence-corrected chi connectivity index (χ2v) is 5.17. The van der Waals surface area contributed by atoms with Crippen LogP contribution >= 0.6 is 0 Å². The molecule has 1 heterocycles. The van der Waals surface area contributed by atoms with Crippen LogP contribution in [-0.2, 0) is 11.3 Å². The first kappa shape index (κ1) is 14.7. The maximum Gasteiger partial charge on any atom is 0.221 e. The molecule has 1 fully saturated rings. The van der Waals surface area contributed by atoms with Gasteiger partial charge in [-0.3, -0.25) is 9.69 Å². The summed E-state index contributed by atoms with van der Waals surface area (Å²) in [7, 11) is 3.26. The zero-order valence-corrected chi connectivity index (χ0v) is 12.1. The van der Waals surface area contributed by atoms with Gasteiger partial charge in [0.25, 0.3) is 0 Å². The van der Waals surface area contributed by atoms with Gasteiger partial charge in [-0.1, -0.05) is 6.07 Å². The fraction of sp³-hybridized carbons (Fsp3) is 0.533. The molecule has 0 saturated carbocycles. The van der Waals surface area contributed by atoms with Crippen LogP contribution < -0.4 is 15.2 Å². The average molecular weight is 278 g/mol. The number of nitrogens with two attached hydrogens (primary N) is 1. The normalized spacial score (nSPS) is 19.6. The number of amides is 1. The molecule has 5 heteroatoms. The summed E-state index contributed by atoms with van der Waals surface area (Å²) in [6, 6.07) is 5.91. The highest BCUT2D eigenvalue weighted by molar-refractivity contribution is 5.76. The molecular weight excluding hydrogens is 256 g/mol. The van der Waals surface area contributed by atoms with Gasteiger partial charge >= 0.3 is 0 Å². The van der Waals surface area contributed by atoms with E-state index in [0.29, 0.717) is 0 Å². The maximum absolute atomic E-state index is 11.3. The van der Waals surface area contributed by atoms with Gasteiger partial charge in [-0.05, 0) is 37.1 Å². The Morgan fingerprint density at radius 1 is 1.35 bits per heavy atom. The number of carbonyl (C=O) groups is 1. The Kier molecular flexibility index (Phi) is 4.84. The zero-order valence-electron chi connectivity index (χ0n) is 12.1. The molecular formula is C15H22N2O3. The van der Waals surface area contributed by atoms with E-state index in [2.05, 4.69) is 4.90 Å². The Morgan fingerprint density at radius 3 is 2.75 bits per heavy atom. The Bertz CT molecular complexity index is 476. The lowest BCUT2D eigenvalue weighted by molar-refractivity contribution is -0.123. The predicted octanol–water partition coefficient (Wildman–Crippen LogP) is 1.40. The van der Waals surface area contributed by atoms with E-state index in [1.807, 2.05) is 18.2 Å². The number of nitrogens with zero attached hydrogens (tertiary/aromatic N) is 1. The molecule has 1 aromatic carbocycles. The summed E-state index contributed by atoms with van der Waals surface area (Å²) >= 11 is 0. The molecule has 5 nitrogen and oxygen atoms in total. The van der Waals surface area contributed by atoms with Gasteiger partial charge in [0.05, 0.1) is 20.1 Å². The lowest BCUT2D eigenvalue weighted by atomic mass is 9.97. The molecule has 20 heavy (non-hydrogen) atoms. The van der Waals surface area contributed by atoms with Crippen molar-refractivity contribution in [1.82, 2.24) is 4.90 Å². The molecule has 1 amide bonds. The average Bonchev–Trinajstić information content (AvgIpc) is 2.47. The second-order valence-electron chi connectivity index (χ2n) is 5.17. The van der Waals surface area contributed by atoms with Gasteiger partial charge in [0, 0.05) is 13.1 Å². The van der Waals surface area contributed by atoms with Gasteiger partial charge in [0.15, 0.2) is 11.5 Å². The van der Waals surface area contributed by atoms with E-state index in [-0.39, 0.29) is 11.8 Å². The van der Waals surface area contributed by atoms with Crippen molar-refractivity contribution in [3.8, 4) is 11.5 Å². The molecule has 110 valence electrons. The third kappa shape index (κ3) is 3.42. The second kappa shape index (κ2) is 6.61. The molecule has 1 aliphatic rings. The molecule has 2 rings (SSSR count). The van der Waals surface area contributed by atoms with Gasteiger partial charge < -0.3 is 15.2 Å². The molecule has 2 N–H and O–H groups in total. The topological polar surface area (TPSA) is 64.8 Å². The molecule has 0 spiro atoms. The van der Waals surface area contributed by atoms with Gasteiger partial charge in [0.2, 0.25) is 5.91 Å². The van der Waals surface area contributed by atoms with E-state index in [9.17, 15) is 4.79 Å². The van der Waals surface area contributed by atoms with Crippen molar-refractivity contribution >= 4 is 5.91 Å². The van der Waals surface area contributed by atoms with E-state index in [1.165, 1.54) is 0 Å². The van der Waals surface area contributed by atoms with Crippen LogP contribution in [0.5, 0.6) is 11.5 Å². The summed E-state index contributed by atoms with van der Waals surface area (Å²) in [5.41, 5.74) is 6.55. The molecule has 1 aliphatic heterocycles. The fourth-order valence-electron chi connectivity index (χ4n) is 2.67. The van der Waals surface area contributed by atoms with E-state index in [4.69, 9.17) is 15.2 Å². The number of hydrogen-bond donors (Lipinski definition) is 1. The Labute approximate surface area is 119 Å². The van der Waals surface area contributed by atoms with Crippen molar-refractivity contribution in [3.63, 3.8) is 0 Å². The van der Waals surface area contributed by atoms with E-state index < -0.39 is 0 Å². The fourth-order valence-corrected chi connectivity index (χ4v) is 2.67. The number of carbonyl (C=O) groups excluding carboxylic acids is 1. The number of ether oxygens (including phenoxy) is 2. The van der Waals surface area contributed by atoms with Crippen molar-refractivity contribution in [2.75, 3.05) is 27.3 Å². The number of piperidine rings is 1. The highest BCUT2D eigenvalue weighted by Gasteiger charge is 2.24. The zero-order chi connectivity index (χ0) is 14.5. The SMILES string of the molecule is COc1ccc(CN2CCC[C@H](C(N)=O)C2)cc1OC. The molecule has 1 saturated heterocycles. The number of benzene rings is 1. The van der Waals surface area contributed by atoms with Crippen molar-refractivity contribution in [3.05, 3.63) is 23.8 Å². The van der Waals surface area contributed by atoms with Crippen LogP contribution in [0.15, 0.2) is 18.2 Å². The largest absolute Gasteiger partial charge is 0.493 e. The number of rotatable bonds is 5. The first-order valence-electron chi connectivity index (χ1n) is 6.86. The minimum absolute atomic E-state index is 0.0242. The van der Waals surface area contributed by atoms with Gasteiger partial charge in [0.1, 0.15) is 0 Å². The third-order valence-corrected chi connectivity index (χ3v) is 3.76. The van der Waals surface area contributed by atoms with Crippen molar-refractivity contribution in [2.24, 2.45) is 11.7 Å². The summed E-state index contributed by atoms with van der Waals surface area (Å²) in [5.74, 6) is 1.24. The van der Waals surface area contributed by atoms with Crippen molar-refractivity contribution < 1.29 is 14.3 Å².